The van der Waals surface area contributed by atoms with Gasteiger partial charge in [-0.3, -0.25) is 9.69 Å². The minimum absolute atomic E-state index is 0.113. The molecule has 138 valence electrons. The Hall–Kier alpha value is -2.28. The number of piperazine rings is 1. The van der Waals surface area contributed by atoms with Crippen LogP contribution in [0.5, 0.6) is 0 Å². The van der Waals surface area contributed by atoms with Gasteiger partial charge in [-0.25, -0.2) is 4.68 Å². The average Bonchev–Trinajstić information content (AvgIpc) is 3.18. The van der Waals surface area contributed by atoms with Crippen molar-refractivity contribution in [3.05, 3.63) is 42.2 Å². The van der Waals surface area contributed by atoms with Gasteiger partial charge in [-0.1, -0.05) is 49.6 Å². The van der Waals surface area contributed by atoms with Crippen molar-refractivity contribution in [3.8, 4) is 0 Å². The van der Waals surface area contributed by atoms with Gasteiger partial charge in [-0.05, 0) is 28.8 Å². The van der Waals surface area contributed by atoms with Crippen LogP contribution < -0.4 is 0 Å². The SMILES string of the molecule is O=C(Cn1cnnn1)N1CCN(Cc2ccccc2)C2(CCCCC2)C1. The third-order valence-electron chi connectivity index (χ3n) is 5.84. The second-order valence-electron chi connectivity index (χ2n) is 7.51. The van der Waals surface area contributed by atoms with Gasteiger partial charge in [0, 0.05) is 31.7 Å². The summed E-state index contributed by atoms with van der Waals surface area (Å²) in [6, 6.07) is 10.7. The number of nitrogens with zero attached hydrogens (tertiary/aromatic N) is 6. The molecule has 2 aliphatic rings. The van der Waals surface area contributed by atoms with E-state index in [9.17, 15) is 4.79 Å². The number of carbonyl (C=O) groups excluding carboxylic acids is 1. The molecule has 4 rings (SSSR count). The average molecular weight is 354 g/mol. The molecular formula is C19H26N6O. The molecule has 1 aliphatic heterocycles. The number of benzene rings is 1. The Morgan fingerprint density at radius 2 is 1.88 bits per heavy atom. The van der Waals surface area contributed by atoms with E-state index >= 15 is 0 Å². The van der Waals surface area contributed by atoms with Crippen LogP contribution in [0.3, 0.4) is 0 Å². The summed E-state index contributed by atoms with van der Waals surface area (Å²) in [7, 11) is 0. The normalized spacial score (nSPS) is 20.4. The topological polar surface area (TPSA) is 67.2 Å². The molecule has 1 saturated carbocycles. The molecule has 1 saturated heterocycles. The maximum Gasteiger partial charge on any atom is 0.244 e. The first-order valence-corrected chi connectivity index (χ1v) is 9.53. The van der Waals surface area contributed by atoms with E-state index < -0.39 is 0 Å². The van der Waals surface area contributed by atoms with Gasteiger partial charge in [0.15, 0.2) is 0 Å². The molecule has 0 bridgehead atoms. The molecule has 1 aromatic heterocycles. The van der Waals surface area contributed by atoms with E-state index in [4.69, 9.17) is 0 Å². The fraction of sp³-hybridized carbons (Fsp3) is 0.579. The first-order chi connectivity index (χ1) is 12.8. The molecule has 2 fully saturated rings. The van der Waals surface area contributed by atoms with E-state index in [1.165, 1.54) is 48.7 Å². The largest absolute Gasteiger partial charge is 0.338 e. The zero-order valence-corrected chi connectivity index (χ0v) is 15.1. The second kappa shape index (κ2) is 7.53. The van der Waals surface area contributed by atoms with E-state index in [-0.39, 0.29) is 18.0 Å². The van der Waals surface area contributed by atoms with Crippen LogP contribution in [0.25, 0.3) is 0 Å². The monoisotopic (exact) mass is 354 g/mol. The van der Waals surface area contributed by atoms with Gasteiger partial charge < -0.3 is 4.90 Å². The lowest BCUT2D eigenvalue weighted by Gasteiger charge is -2.53. The Morgan fingerprint density at radius 3 is 2.62 bits per heavy atom. The van der Waals surface area contributed by atoms with E-state index in [2.05, 4.69) is 50.8 Å². The van der Waals surface area contributed by atoms with Gasteiger partial charge in [-0.15, -0.1) is 5.10 Å². The molecule has 1 spiro atoms. The Kier molecular flexibility index (Phi) is 4.97. The third-order valence-corrected chi connectivity index (χ3v) is 5.84. The predicted molar refractivity (Wildman–Crippen MR) is 97.1 cm³/mol. The molecule has 1 amide bonds. The van der Waals surface area contributed by atoms with Crippen molar-refractivity contribution in [3.63, 3.8) is 0 Å². The maximum atomic E-state index is 12.7. The fourth-order valence-electron chi connectivity index (χ4n) is 4.45. The van der Waals surface area contributed by atoms with Gasteiger partial charge in [-0.2, -0.15) is 0 Å². The number of carbonyl (C=O) groups is 1. The molecule has 2 aromatic rings. The van der Waals surface area contributed by atoms with Crippen molar-refractivity contribution in [2.75, 3.05) is 19.6 Å². The number of hydrogen-bond donors (Lipinski definition) is 0. The van der Waals surface area contributed by atoms with Crippen LogP contribution in [0.2, 0.25) is 0 Å². The summed E-state index contributed by atoms with van der Waals surface area (Å²) in [5.41, 5.74) is 1.47. The standard InChI is InChI=1S/C19H26N6O/c26-18(14-25-16-20-21-22-25)23-11-12-24(13-17-7-3-1-4-8-17)19(15-23)9-5-2-6-10-19/h1,3-4,7-8,16H,2,5-6,9-15H2. The number of hydrogen-bond acceptors (Lipinski definition) is 5. The van der Waals surface area contributed by atoms with Gasteiger partial charge >= 0.3 is 0 Å². The van der Waals surface area contributed by atoms with Crippen molar-refractivity contribution in [2.24, 2.45) is 0 Å². The predicted octanol–water partition coefficient (Wildman–Crippen LogP) is 1.72. The van der Waals surface area contributed by atoms with Crippen molar-refractivity contribution >= 4 is 5.91 Å². The highest BCUT2D eigenvalue weighted by atomic mass is 16.2. The molecule has 0 radical (unpaired) electrons. The lowest BCUT2D eigenvalue weighted by atomic mass is 9.78. The summed E-state index contributed by atoms with van der Waals surface area (Å²) in [5, 5.41) is 11.1. The van der Waals surface area contributed by atoms with Gasteiger partial charge in [0.2, 0.25) is 5.91 Å². The molecule has 26 heavy (non-hydrogen) atoms. The summed E-state index contributed by atoms with van der Waals surface area (Å²) in [6.45, 7) is 3.71. The van der Waals surface area contributed by atoms with Crippen LogP contribution >= 0.6 is 0 Å². The number of rotatable bonds is 4. The van der Waals surface area contributed by atoms with Crippen LogP contribution in [0.4, 0.5) is 0 Å². The first kappa shape index (κ1) is 17.1. The summed E-state index contributed by atoms with van der Waals surface area (Å²) < 4.78 is 1.51. The van der Waals surface area contributed by atoms with Crippen molar-refractivity contribution in [1.82, 2.24) is 30.0 Å². The molecule has 0 unspecified atom stereocenters. The highest BCUT2D eigenvalue weighted by Crippen LogP contribution is 2.37. The Morgan fingerprint density at radius 1 is 1.08 bits per heavy atom. The molecule has 1 aromatic carbocycles. The highest BCUT2D eigenvalue weighted by Gasteiger charge is 2.43. The molecule has 0 N–H and O–H groups in total. The fourth-order valence-corrected chi connectivity index (χ4v) is 4.45. The number of aromatic nitrogens is 4. The maximum absolute atomic E-state index is 12.7. The van der Waals surface area contributed by atoms with E-state index in [0.29, 0.717) is 0 Å². The summed E-state index contributed by atoms with van der Waals surface area (Å²) in [4.78, 5) is 17.4. The zero-order chi connectivity index (χ0) is 17.8. The lowest BCUT2D eigenvalue weighted by molar-refractivity contribution is -0.139. The second-order valence-corrected chi connectivity index (χ2v) is 7.51. The zero-order valence-electron chi connectivity index (χ0n) is 15.1. The molecule has 1 aliphatic carbocycles. The Balaban J connectivity index is 1.48. The van der Waals surface area contributed by atoms with E-state index in [1.807, 2.05) is 4.90 Å². The minimum atomic E-state index is 0.113. The summed E-state index contributed by atoms with van der Waals surface area (Å²) >= 11 is 0. The van der Waals surface area contributed by atoms with Crippen LogP contribution in [-0.4, -0.2) is 61.1 Å². The highest BCUT2D eigenvalue weighted by molar-refractivity contribution is 5.76. The van der Waals surface area contributed by atoms with Gasteiger partial charge in [0.05, 0.1) is 0 Å². The van der Waals surface area contributed by atoms with Crippen LogP contribution in [0, 0.1) is 0 Å². The minimum Gasteiger partial charge on any atom is -0.338 e. The van der Waals surface area contributed by atoms with E-state index in [1.54, 1.807) is 0 Å². The molecule has 2 heterocycles. The van der Waals surface area contributed by atoms with Crippen LogP contribution in [-0.2, 0) is 17.9 Å². The van der Waals surface area contributed by atoms with Crippen molar-refractivity contribution in [2.45, 2.75) is 50.7 Å². The Labute approximate surface area is 154 Å². The van der Waals surface area contributed by atoms with Crippen molar-refractivity contribution < 1.29 is 4.79 Å². The molecule has 7 heteroatoms. The van der Waals surface area contributed by atoms with Crippen molar-refractivity contribution in [1.29, 1.82) is 0 Å². The third kappa shape index (κ3) is 3.62. The lowest BCUT2D eigenvalue weighted by Crippen LogP contribution is -2.63. The van der Waals surface area contributed by atoms with Crippen LogP contribution in [0.15, 0.2) is 36.7 Å². The summed E-state index contributed by atoms with van der Waals surface area (Å²) in [6.07, 6.45) is 7.66. The molecule has 7 nitrogen and oxygen atoms in total. The van der Waals surface area contributed by atoms with E-state index in [0.717, 1.165) is 26.2 Å². The van der Waals surface area contributed by atoms with Gasteiger partial charge in [0.1, 0.15) is 12.9 Å². The molecule has 0 atom stereocenters. The Bertz CT molecular complexity index is 711. The smallest absolute Gasteiger partial charge is 0.244 e. The number of amides is 1. The quantitative estimate of drug-likeness (QED) is 0.836. The van der Waals surface area contributed by atoms with Crippen LogP contribution in [0.1, 0.15) is 37.7 Å². The molecular weight excluding hydrogens is 328 g/mol. The summed E-state index contributed by atoms with van der Waals surface area (Å²) in [5.74, 6) is 0.113. The first-order valence-electron chi connectivity index (χ1n) is 9.53. The van der Waals surface area contributed by atoms with Gasteiger partial charge in [0.25, 0.3) is 0 Å². The number of tetrazole rings is 1.